The maximum atomic E-state index is 13.1. The number of aromatic nitrogens is 1. The van der Waals surface area contributed by atoms with Crippen molar-refractivity contribution in [2.24, 2.45) is 0 Å². The van der Waals surface area contributed by atoms with E-state index in [1.807, 2.05) is 25.1 Å². The number of amides is 1. The van der Waals surface area contributed by atoms with Gasteiger partial charge in [0.05, 0.1) is 6.54 Å². The molecule has 0 saturated carbocycles. The number of carbonyl (C=O) groups excluding carboxylic acids is 1. The van der Waals surface area contributed by atoms with E-state index < -0.39 is 11.5 Å². The van der Waals surface area contributed by atoms with Crippen LogP contribution in [0.2, 0.25) is 0 Å². The Morgan fingerprint density at radius 3 is 2.80 bits per heavy atom. The predicted molar refractivity (Wildman–Crippen MR) is 93.4 cm³/mol. The average Bonchev–Trinajstić information content (AvgIpc) is 2.60. The fourth-order valence-corrected chi connectivity index (χ4v) is 3.09. The van der Waals surface area contributed by atoms with Crippen LogP contribution in [-0.4, -0.2) is 24.0 Å². The fourth-order valence-electron chi connectivity index (χ4n) is 3.09. The normalized spacial score (nSPS) is 13.4. The highest BCUT2D eigenvalue weighted by Crippen LogP contribution is 2.31. The Kier molecular flexibility index (Phi) is 3.53. The van der Waals surface area contributed by atoms with Gasteiger partial charge >= 0.3 is 5.63 Å². The molecule has 0 unspecified atom stereocenters. The summed E-state index contributed by atoms with van der Waals surface area (Å²) in [5.74, 6) is 0.00892. The van der Waals surface area contributed by atoms with Crippen molar-refractivity contribution >= 4 is 22.6 Å². The molecular formula is C19H16N2O4. The Bertz CT molecular complexity index is 1050. The zero-order valence-corrected chi connectivity index (χ0v) is 13.9. The molecule has 1 aliphatic rings. The standard InChI is InChI=1S/C19H16N2O4/c1-11-7-8-14-17(20-11)24-10-9-21(14)18(22)16-12(2)13-5-3-4-6-15(13)25-19(16)23/h3-8H,9-10H2,1-2H3. The average molecular weight is 336 g/mol. The van der Waals surface area contributed by atoms with Crippen molar-refractivity contribution < 1.29 is 13.9 Å². The molecule has 0 aliphatic carbocycles. The van der Waals surface area contributed by atoms with Gasteiger partial charge in [0.2, 0.25) is 5.88 Å². The molecular weight excluding hydrogens is 320 g/mol. The number of benzene rings is 1. The Morgan fingerprint density at radius 1 is 1.16 bits per heavy atom. The SMILES string of the molecule is Cc1ccc2c(n1)OCCN2C(=O)c1c(C)c2ccccc2oc1=O. The monoisotopic (exact) mass is 336 g/mol. The van der Waals surface area contributed by atoms with Crippen molar-refractivity contribution in [3.63, 3.8) is 0 Å². The summed E-state index contributed by atoms with van der Waals surface area (Å²) in [6.45, 7) is 4.29. The molecule has 3 aromatic rings. The number of para-hydroxylation sites is 1. The molecule has 0 spiro atoms. The highest BCUT2D eigenvalue weighted by atomic mass is 16.5. The van der Waals surface area contributed by atoms with Crippen LogP contribution in [-0.2, 0) is 0 Å². The largest absolute Gasteiger partial charge is 0.474 e. The zero-order valence-electron chi connectivity index (χ0n) is 13.9. The van der Waals surface area contributed by atoms with Crippen LogP contribution in [0.5, 0.6) is 5.88 Å². The number of rotatable bonds is 1. The minimum Gasteiger partial charge on any atom is -0.474 e. The fraction of sp³-hybridized carbons (Fsp3) is 0.211. The maximum absolute atomic E-state index is 13.1. The van der Waals surface area contributed by atoms with Gasteiger partial charge in [0.1, 0.15) is 23.4 Å². The van der Waals surface area contributed by atoms with Crippen LogP contribution in [0.3, 0.4) is 0 Å². The summed E-state index contributed by atoms with van der Waals surface area (Å²) in [4.78, 5) is 31.4. The lowest BCUT2D eigenvalue weighted by Crippen LogP contribution is -2.40. The minimum atomic E-state index is -0.630. The lowest BCUT2D eigenvalue weighted by Gasteiger charge is -2.29. The molecule has 1 aliphatic heterocycles. The second kappa shape index (κ2) is 5.73. The first kappa shape index (κ1) is 15.4. The Balaban J connectivity index is 1.86. The van der Waals surface area contributed by atoms with Crippen LogP contribution >= 0.6 is 0 Å². The molecule has 0 N–H and O–H groups in total. The number of aryl methyl sites for hydroxylation is 2. The van der Waals surface area contributed by atoms with Crippen molar-refractivity contribution in [3.05, 3.63) is 63.6 Å². The van der Waals surface area contributed by atoms with Gasteiger partial charge in [-0.15, -0.1) is 0 Å². The van der Waals surface area contributed by atoms with E-state index in [1.165, 1.54) is 4.90 Å². The van der Waals surface area contributed by atoms with E-state index in [1.54, 1.807) is 25.1 Å². The van der Waals surface area contributed by atoms with E-state index >= 15 is 0 Å². The third-order valence-electron chi connectivity index (χ3n) is 4.36. The lowest BCUT2D eigenvalue weighted by atomic mass is 10.0. The minimum absolute atomic E-state index is 0.0483. The third-order valence-corrected chi connectivity index (χ3v) is 4.36. The predicted octanol–water partition coefficient (Wildman–Crippen LogP) is 2.84. The van der Waals surface area contributed by atoms with E-state index in [0.717, 1.165) is 11.1 Å². The number of hydrogen-bond acceptors (Lipinski definition) is 5. The number of carbonyl (C=O) groups is 1. The lowest BCUT2D eigenvalue weighted by molar-refractivity contribution is 0.0971. The number of hydrogen-bond donors (Lipinski definition) is 0. The summed E-state index contributed by atoms with van der Waals surface area (Å²) < 4.78 is 10.9. The first-order valence-corrected chi connectivity index (χ1v) is 8.01. The van der Waals surface area contributed by atoms with Crippen LogP contribution in [0, 0.1) is 13.8 Å². The Hall–Kier alpha value is -3.15. The first-order chi connectivity index (χ1) is 12.1. The molecule has 126 valence electrons. The highest BCUT2D eigenvalue weighted by molar-refractivity contribution is 6.09. The molecule has 0 bridgehead atoms. The van der Waals surface area contributed by atoms with Gasteiger partial charge in [-0.25, -0.2) is 9.78 Å². The number of fused-ring (bicyclic) bond motifs is 2. The third kappa shape index (κ3) is 2.46. The summed E-state index contributed by atoms with van der Waals surface area (Å²) in [7, 11) is 0. The zero-order chi connectivity index (χ0) is 17.6. The first-order valence-electron chi connectivity index (χ1n) is 8.01. The van der Waals surface area contributed by atoms with Gasteiger partial charge < -0.3 is 9.15 Å². The molecule has 6 nitrogen and oxygen atoms in total. The topological polar surface area (TPSA) is 72.6 Å². The Labute approximate surface area is 143 Å². The van der Waals surface area contributed by atoms with Gasteiger partial charge in [-0.1, -0.05) is 18.2 Å². The van der Waals surface area contributed by atoms with E-state index in [4.69, 9.17) is 9.15 Å². The quantitative estimate of drug-likeness (QED) is 0.639. The van der Waals surface area contributed by atoms with E-state index in [9.17, 15) is 9.59 Å². The maximum Gasteiger partial charge on any atom is 0.349 e. The molecule has 1 amide bonds. The molecule has 1 aromatic carbocycles. The molecule has 25 heavy (non-hydrogen) atoms. The van der Waals surface area contributed by atoms with Crippen LogP contribution in [0.4, 0.5) is 5.69 Å². The van der Waals surface area contributed by atoms with Gasteiger partial charge in [-0.3, -0.25) is 9.69 Å². The summed E-state index contributed by atoms with van der Waals surface area (Å²) in [5.41, 5.74) is 1.87. The number of pyridine rings is 1. The van der Waals surface area contributed by atoms with Crippen molar-refractivity contribution in [2.45, 2.75) is 13.8 Å². The van der Waals surface area contributed by atoms with Gasteiger partial charge in [-0.2, -0.15) is 0 Å². The highest BCUT2D eigenvalue weighted by Gasteiger charge is 2.29. The van der Waals surface area contributed by atoms with Gasteiger partial charge in [0, 0.05) is 11.1 Å². The summed E-state index contributed by atoms with van der Waals surface area (Å²) >= 11 is 0. The van der Waals surface area contributed by atoms with Crippen molar-refractivity contribution in [1.29, 1.82) is 0 Å². The van der Waals surface area contributed by atoms with Crippen molar-refractivity contribution in [2.75, 3.05) is 18.1 Å². The summed E-state index contributed by atoms with van der Waals surface area (Å²) in [6, 6.07) is 10.8. The molecule has 3 heterocycles. The van der Waals surface area contributed by atoms with Crippen LogP contribution in [0.15, 0.2) is 45.6 Å². The smallest absolute Gasteiger partial charge is 0.349 e. The molecule has 4 rings (SSSR count). The molecule has 0 saturated heterocycles. The molecule has 2 aromatic heterocycles. The molecule has 0 fully saturated rings. The number of nitrogens with zero attached hydrogens (tertiary/aromatic N) is 2. The van der Waals surface area contributed by atoms with Gasteiger partial charge in [0.25, 0.3) is 5.91 Å². The van der Waals surface area contributed by atoms with Crippen molar-refractivity contribution in [1.82, 2.24) is 4.98 Å². The summed E-state index contributed by atoms with van der Waals surface area (Å²) in [5, 5.41) is 0.751. The van der Waals surface area contributed by atoms with E-state index in [0.29, 0.717) is 35.9 Å². The molecule has 0 atom stereocenters. The van der Waals surface area contributed by atoms with Gasteiger partial charge in [-0.05, 0) is 37.6 Å². The molecule has 6 heteroatoms. The molecule has 0 radical (unpaired) electrons. The second-order valence-electron chi connectivity index (χ2n) is 5.97. The second-order valence-corrected chi connectivity index (χ2v) is 5.97. The summed E-state index contributed by atoms with van der Waals surface area (Å²) in [6.07, 6.45) is 0. The number of ether oxygens (including phenoxy) is 1. The van der Waals surface area contributed by atoms with Crippen LogP contribution in [0.25, 0.3) is 11.0 Å². The van der Waals surface area contributed by atoms with Crippen molar-refractivity contribution in [3.8, 4) is 5.88 Å². The van der Waals surface area contributed by atoms with E-state index in [2.05, 4.69) is 4.98 Å². The van der Waals surface area contributed by atoms with Gasteiger partial charge in [0.15, 0.2) is 0 Å². The van der Waals surface area contributed by atoms with E-state index in [-0.39, 0.29) is 5.56 Å². The van der Waals surface area contributed by atoms with Crippen LogP contribution in [0.1, 0.15) is 21.6 Å². The van der Waals surface area contributed by atoms with Crippen LogP contribution < -0.4 is 15.3 Å². The number of anilines is 1. The Morgan fingerprint density at radius 2 is 1.96 bits per heavy atom.